The number of carbonyl (C=O) groups is 2. The standard InChI is InChI=1S/C29H28FN3O5/c1-19-6-7-20(14-25(19)30)8-9-27(35)32-18-29(24-4-2-3-5-26(24)32)10-12-31(13-11-29)28(36)21-15-22(33(37)38)17-23(34)16-21/h2-7,14-17,34H,8-13,18H2,1H3. The molecule has 2 amide bonds. The first-order valence-corrected chi connectivity index (χ1v) is 12.6. The fraction of sp³-hybridized carbons (Fsp3) is 0.310. The summed E-state index contributed by atoms with van der Waals surface area (Å²) in [7, 11) is 0. The number of halogens is 1. The van der Waals surface area contributed by atoms with Gasteiger partial charge in [0, 0.05) is 43.2 Å². The van der Waals surface area contributed by atoms with Gasteiger partial charge in [-0.3, -0.25) is 19.7 Å². The SMILES string of the molecule is Cc1ccc(CCC(=O)N2CC3(CCN(C(=O)c4cc(O)cc([N+](=O)[O-])c4)CC3)c3ccccc32)cc1F. The molecule has 0 aliphatic carbocycles. The number of nitrogens with zero attached hydrogens (tertiary/aromatic N) is 3. The molecule has 0 saturated carbocycles. The van der Waals surface area contributed by atoms with Gasteiger partial charge in [0.2, 0.25) is 5.91 Å². The number of para-hydroxylation sites is 1. The van der Waals surface area contributed by atoms with Gasteiger partial charge < -0.3 is 14.9 Å². The van der Waals surface area contributed by atoms with Gasteiger partial charge in [-0.05, 0) is 61.1 Å². The Morgan fingerprint density at radius 1 is 1.08 bits per heavy atom. The van der Waals surface area contributed by atoms with Crippen LogP contribution in [0.2, 0.25) is 0 Å². The molecule has 0 radical (unpaired) electrons. The lowest BCUT2D eigenvalue weighted by molar-refractivity contribution is -0.385. The molecule has 8 nitrogen and oxygen atoms in total. The Morgan fingerprint density at radius 3 is 2.53 bits per heavy atom. The van der Waals surface area contributed by atoms with E-state index in [2.05, 4.69) is 0 Å². The molecule has 1 saturated heterocycles. The molecule has 0 atom stereocenters. The summed E-state index contributed by atoms with van der Waals surface area (Å²) in [6.07, 6.45) is 1.96. The number of fused-ring (bicyclic) bond motifs is 2. The summed E-state index contributed by atoms with van der Waals surface area (Å²) in [4.78, 5) is 40.4. The minimum absolute atomic E-state index is 0.0270. The first-order chi connectivity index (χ1) is 18.2. The number of non-ortho nitro benzene ring substituents is 1. The molecule has 1 fully saturated rings. The molecule has 3 aromatic carbocycles. The number of piperidine rings is 1. The molecule has 0 bridgehead atoms. The number of benzene rings is 3. The molecule has 1 N–H and O–H groups in total. The van der Waals surface area contributed by atoms with E-state index in [0.29, 0.717) is 44.5 Å². The molecule has 2 aliphatic rings. The number of rotatable bonds is 5. The van der Waals surface area contributed by atoms with E-state index in [1.165, 1.54) is 18.2 Å². The normalized spacial score (nSPS) is 15.9. The number of phenols is 1. The van der Waals surface area contributed by atoms with E-state index in [1.807, 2.05) is 35.2 Å². The summed E-state index contributed by atoms with van der Waals surface area (Å²) in [6, 6.07) is 16.3. The molecule has 1 spiro atoms. The van der Waals surface area contributed by atoms with E-state index < -0.39 is 4.92 Å². The van der Waals surface area contributed by atoms with Crippen molar-refractivity contribution in [2.45, 2.75) is 38.0 Å². The Labute approximate surface area is 219 Å². The zero-order valence-electron chi connectivity index (χ0n) is 21.0. The van der Waals surface area contributed by atoms with Crippen molar-refractivity contribution in [2.75, 3.05) is 24.5 Å². The predicted octanol–water partition coefficient (Wildman–Crippen LogP) is 4.90. The maximum Gasteiger partial charge on any atom is 0.273 e. The molecule has 0 aromatic heterocycles. The largest absolute Gasteiger partial charge is 0.508 e. The highest BCUT2D eigenvalue weighted by Crippen LogP contribution is 2.47. The lowest BCUT2D eigenvalue weighted by Gasteiger charge is -2.40. The molecule has 2 aliphatic heterocycles. The van der Waals surface area contributed by atoms with Crippen LogP contribution in [-0.2, 0) is 16.6 Å². The van der Waals surface area contributed by atoms with Crippen LogP contribution in [0.25, 0.3) is 0 Å². The fourth-order valence-corrected chi connectivity index (χ4v) is 5.60. The number of hydrogen-bond acceptors (Lipinski definition) is 5. The van der Waals surface area contributed by atoms with Crippen molar-refractivity contribution in [2.24, 2.45) is 0 Å². The third-order valence-corrected chi connectivity index (χ3v) is 7.76. The van der Waals surface area contributed by atoms with Gasteiger partial charge in [-0.15, -0.1) is 0 Å². The number of aryl methyl sites for hydroxylation is 2. The Bertz CT molecular complexity index is 1430. The Morgan fingerprint density at radius 2 is 1.82 bits per heavy atom. The van der Waals surface area contributed by atoms with Crippen LogP contribution < -0.4 is 4.90 Å². The van der Waals surface area contributed by atoms with Crippen LogP contribution in [0.4, 0.5) is 15.8 Å². The van der Waals surface area contributed by atoms with Gasteiger partial charge >= 0.3 is 0 Å². The number of nitro benzene ring substituents is 1. The van der Waals surface area contributed by atoms with Crippen molar-refractivity contribution in [3.8, 4) is 5.75 Å². The van der Waals surface area contributed by atoms with E-state index in [4.69, 9.17) is 0 Å². The van der Waals surface area contributed by atoms with Crippen molar-refractivity contribution < 1.29 is 24.0 Å². The van der Waals surface area contributed by atoms with Gasteiger partial charge in [0.15, 0.2) is 0 Å². The summed E-state index contributed by atoms with van der Waals surface area (Å²) in [6.45, 7) is 3.05. The van der Waals surface area contributed by atoms with Crippen molar-refractivity contribution in [1.82, 2.24) is 4.90 Å². The second-order valence-electron chi connectivity index (χ2n) is 10.1. The second kappa shape index (κ2) is 9.89. The number of hydrogen-bond donors (Lipinski definition) is 1. The number of anilines is 1. The number of amides is 2. The van der Waals surface area contributed by atoms with Gasteiger partial charge in [-0.2, -0.15) is 0 Å². The molecular formula is C29H28FN3O5. The third kappa shape index (κ3) is 4.71. The molecule has 5 rings (SSSR count). The fourth-order valence-electron chi connectivity index (χ4n) is 5.60. The van der Waals surface area contributed by atoms with Gasteiger partial charge in [-0.25, -0.2) is 4.39 Å². The summed E-state index contributed by atoms with van der Waals surface area (Å²) >= 11 is 0. The van der Waals surface area contributed by atoms with Crippen LogP contribution in [0, 0.1) is 22.9 Å². The number of nitro groups is 1. The topological polar surface area (TPSA) is 104 Å². The molecule has 2 heterocycles. The average Bonchev–Trinajstić information content (AvgIpc) is 3.23. The summed E-state index contributed by atoms with van der Waals surface area (Å²) in [5.74, 6) is -1.00. The quantitative estimate of drug-likeness (QED) is 0.383. The maximum atomic E-state index is 13.9. The summed E-state index contributed by atoms with van der Waals surface area (Å²) in [5.41, 5.74) is 2.73. The Balaban J connectivity index is 1.30. The van der Waals surface area contributed by atoms with E-state index in [1.54, 1.807) is 17.9 Å². The Hall–Kier alpha value is -4.27. The highest BCUT2D eigenvalue weighted by molar-refractivity contribution is 5.97. The summed E-state index contributed by atoms with van der Waals surface area (Å²) < 4.78 is 13.9. The molecule has 9 heteroatoms. The number of aromatic hydroxyl groups is 1. The third-order valence-electron chi connectivity index (χ3n) is 7.76. The Kier molecular flexibility index (Phi) is 6.60. The highest BCUT2D eigenvalue weighted by atomic mass is 19.1. The first-order valence-electron chi connectivity index (χ1n) is 12.6. The van der Waals surface area contributed by atoms with Crippen LogP contribution in [0.1, 0.15) is 46.3 Å². The minimum Gasteiger partial charge on any atom is -0.508 e. The van der Waals surface area contributed by atoms with Crippen molar-refractivity contribution in [3.05, 3.63) is 98.8 Å². The smallest absolute Gasteiger partial charge is 0.273 e. The van der Waals surface area contributed by atoms with Crippen molar-refractivity contribution in [3.63, 3.8) is 0 Å². The van der Waals surface area contributed by atoms with E-state index in [-0.39, 0.29) is 46.5 Å². The zero-order chi connectivity index (χ0) is 27.0. The second-order valence-corrected chi connectivity index (χ2v) is 10.1. The monoisotopic (exact) mass is 517 g/mol. The van der Waals surface area contributed by atoms with Crippen LogP contribution >= 0.6 is 0 Å². The minimum atomic E-state index is -0.641. The molecule has 3 aromatic rings. The van der Waals surface area contributed by atoms with Crippen molar-refractivity contribution in [1.29, 1.82) is 0 Å². The van der Waals surface area contributed by atoms with Gasteiger partial charge in [0.05, 0.1) is 16.6 Å². The number of phenolic OH excluding ortho intramolecular Hbond substituents is 1. The van der Waals surface area contributed by atoms with Crippen LogP contribution in [0.5, 0.6) is 5.75 Å². The van der Waals surface area contributed by atoms with Crippen LogP contribution in [0.3, 0.4) is 0 Å². The van der Waals surface area contributed by atoms with Crippen LogP contribution in [0.15, 0.2) is 60.7 Å². The molecule has 196 valence electrons. The molecule has 0 unspecified atom stereocenters. The van der Waals surface area contributed by atoms with Gasteiger partial charge in [-0.1, -0.05) is 30.3 Å². The van der Waals surface area contributed by atoms with E-state index in [9.17, 15) is 29.2 Å². The first kappa shape index (κ1) is 25.4. The van der Waals surface area contributed by atoms with Crippen LogP contribution in [-0.4, -0.2) is 46.4 Å². The zero-order valence-corrected chi connectivity index (χ0v) is 21.0. The summed E-state index contributed by atoms with van der Waals surface area (Å²) in [5, 5.41) is 21.0. The maximum absolute atomic E-state index is 13.9. The van der Waals surface area contributed by atoms with E-state index >= 15 is 0 Å². The predicted molar refractivity (Wildman–Crippen MR) is 140 cm³/mol. The van der Waals surface area contributed by atoms with Gasteiger partial charge in [0.1, 0.15) is 11.6 Å². The number of likely N-dealkylation sites (tertiary alicyclic amines) is 1. The van der Waals surface area contributed by atoms with Gasteiger partial charge in [0.25, 0.3) is 11.6 Å². The average molecular weight is 518 g/mol. The van der Waals surface area contributed by atoms with E-state index in [0.717, 1.165) is 22.9 Å². The lowest BCUT2D eigenvalue weighted by atomic mass is 9.74. The molecular weight excluding hydrogens is 489 g/mol. The lowest BCUT2D eigenvalue weighted by Crippen LogP contribution is -2.47. The highest BCUT2D eigenvalue weighted by Gasteiger charge is 2.46. The number of carbonyl (C=O) groups excluding carboxylic acids is 2. The molecule has 38 heavy (non-hydrogen) atoms. The van der Waals surface area contributed by atoms with Crippen molar-refractivity contribution >= 4 is 23.2 Å².